The number of aromatic nitrogens is 2. The van der Waals surface area contributed by atoms with Crippen LogP contribution in [0.3, 0.4) is 0 Å². The lowest BCUT2D eigenvalue weighted by atomic mass is 10.2. The summed E-state index contributed by atoms with van der Waals surface area (Å²) in [7, 11) is 0. The average Bonchev–Trinajstić information content (AvgIpc) is 2.76. The van der Waals surface area contributed by atoms with E-state index in [-0.39, 0.29) is 6.54 Å². The predicted octanol–water partition coefficient (Wildman–Crippen LogP) is 1.47. The Bertz CT molecular complexity index is 634. The van der Waals surface area contributed by atoms with Crippen molar-refractivity contribution < 1.29 is 24.2 Å². The number of rotatable bonds is 4. The molecule has 6 nitrogen and oxygen atoms in total. The molecule has 2 rings (SSSR count). The number of benzene rings is 1. The van der Waals surface area contributed by atoms with Crippen LogP contribution in [0, 0.1) is 5.82 Å². The second kappa shape index (κ2) is 4.89. The highest BCUT2D eigenvalue weighted by molar-refractivity contribution is 5.99. The van der Waals surface area contributed by atoms with E-state index in [9.17, 15) is 14.0 Å². The maximum atomic E-state index is 12.8. The summed E-state index contributed by atoms with van der Waals surface area (Å²) in [6.45, 7) is 0.0994. The van der Waals surface area contributed by atoms with E-state index in [2.05, 4.69) is 4.98 Å². The van der Waals surface area contributed by atoms with Crippen molar-refractivity contribution in [2.24, 2.45) is 0 Å². The van der Waals surface area contributed by atoms with E-state index in [0.717, 1.165) is 6.33 Å². The van der Waals surface area contributed by atoms with E-state index in [1.54, 1.807) is 0 Å². The third-order valence-electron chi connectivity index (χ3n) is 2.51. The monoisotopic (exact) mass is 264 g/mol. The van der Waals surface area contributed by atoms with Crippen LogP contribution in [0.1, 0.15) is 26.5 Å². The van der Waals surface area contributed by atoms with Crippen LogP contribution in [0.15, 0.2) is 30.6 Å². The topological polar surface area (TPSA) is 92.4 Å². The molecule has 0 fully saturated rings. The number of hydrogen-bond donors (Lipinski definition) is 2. The van der Waals surface area contributed by atoms with Gasteiger partial charge in [0.2, 0.25) is 0 Å². The molecule has 0 saturated heterocycles. The number of carbonyl (C=O) groups is 2. The summed E-state index contributed by atoms with van der Waals surface area (Å²) >= 11 is 0. The van der Waals surface area contributed by atoms with Crippen LogP contribution in [-0.2, 0) is 6.54 Å². The second-order valence-electron chi connectivity index (χ2n) is 3.81. The Morgan fingerprint density at radius 2 is 1.79 bits per heavy atom. The van der Waals surface area contributed by atoms with Gasteiger partial charge in [0.25, 0.3) is 0 Å². The molecular weight excluding hydrogens is 255 g/mol. The summed E-state index contributed by atoms with van der Waals surface area (Å²) in [5, 5.41) is 17.9. The van der Waals surface area contributed by atoms with Crippen molar-refractivity contribution in [3.63, 3.8) is 0 Å². The Labute approximate surface area is 106 Å². The molecule has 0 amide bonds. The largest absolute Gasteiger partial charge is 0.476 e. The Balaban J connectivity index is 2.37. The molecule has 0 bridgehead atoms. The average molecular weight is 264 g/mol. The summed E-state index contributed by atoms with van der Waals surface area (Å²) in [4.78, 5) is 25.5. The lowest BCUT2D eigenvalue weighted by molar-refractivity contribution is 0.0640. The third-order valence-corrected chi connectivity index (χ3v) is 2.51. The van der Waals surface area contributed by atoms with Gasteiger partial charge in [-0.3, -0.25) is 0 Å². The number of halogens is 1. The van der Waals surface area contributed by atoms with Crippen LogP contribution in [0.4, 0.5) is 4.39 Å². The van der Waals surface area contributed by atoms with Crippen molar-refractivity contribution in [1.82, 2.24) is 9.55 Å². The number of carboxylic acids is 2. The summed E-state index contributed by atoms with van der Waals surface area (Å²) < 4.78 is 13.9. The van der Waals surface area contributed by atoms with E-state index in [1.807, 2.05) is 0 Å². The quantitative estimate of drug-likeness (QED) is 0.872. The molecule has 2 aromatic rings. The molecule has 19 heavy (non-hydrogen) atoms. The van der Waals surface area contributed by atoms with Crippen LogP contribution >= 0.6 is 0 Å². The van der Waals surface area contributed by atoms with Crippen LogP contribution in [0.25, 0.3) is 0 Å². The van der Waals surface area contributed by atoms with E-state index in [1.165, 1.54) is 28.8 Å². The molecule has 0 aliphatic rings. The minimum Gasteiger partial charge on any atom is -0.476 e. The van der Waals surface area contributed by atoms with Crippen LogP contribution < -0.4 is 0 Å². The predicted molar refractivity (Wildman–Crippen MR) is 61.6 cm³/mol. The smallest absolute Gasteiger partial charge is 0.357 e. The molecule has 2 N–H and O–H groups in total. The lowest BCUT2D eigenvalue weighted by Gasteiger charge is -2.05. The molecule has 0 atom stereocenters. The standard InChI is InChI=1S/C12H9FN2O4/c13-8-3-1-7(2-4-8)5-15-6-14-9(11(16)17)10(15)12(18)19/h1-4,6H,5H2,(H,16,17)(H,18,19). The van der Waals surface area contributed by atoms with Crippen molar-refractivity contribution >= 4 is 11.9 Å². The number of imidazole rings is 1. The summed E-state index contributed by atoms with van der Waals surface area (Å²) in [6, 6.07) is 5.46. The maximum Gasteiger partial charge on any atom is 0.357 e. The molecule has 0 aliphatic heterocycles. The minimum atomic E-state index is -1.41. The molecule has 7 heteroatoms. The van der Waals surface area contributed by atoms with Gasteiger partial charge in [0.1, 0.15) is 5.82 Å². The van der Waals surface area contributed by atoms with Gasteiger partial charge in [-0.25, -0.2) is 19.0 Å². The lowest BCUT2D eigenvalue weighted by Crippen LogP contribution is -2.13. The Morgan fingerprint density at radius 3 is 2.32 bits per heavy atom. The third kappa shape index (κ3) is 2.59. The van der Waals surface area contributed by atoms with Gasteiger partial charge in [-0.15, -0.1) is 0 Å². The van der Waals surface area contributed by atoms with E-state index >= 15 is 0 Å². The fraction of sp³-hybridized carbons (Fsp3) is 0.0833. The van der Waals surface area contributed by atoms with Crippen molar-refractivity contribution in [2.75, 3.05) is 0 Å². The van der Waals surface area contributed by atoms with Gasteiger partial charge < -0.3 is 14.8 Å². The molecule has 0 spiro atoms. The Kier molecular flexibility index (Phi) is 3.28. The van der Waals surface area contributed by atoms with Crippen LogP contribution in [0.2, 0.25) is 0 Å². The van der Waals surface area contributed by atoms with Gasteiger partial charge in [0.15, 0.2) is 11.4 Å². The van der Waals surface area contributed by atoms with Gasteiger partial charge in [-0.2, -0.15) is 0 Å². The van der Waals surface area contributed by atoms with Crippen LogP contribution in [0.5, 0.6) is 0 Å². The highest BCUT2D eigenvalue weighted by Crippen LogP contribution is 2.12. The highest BCUT2D eigenvalue weighted by Gasteiger charge is 2.22. The number of aromatic carboxylic acids is 2. The van der Waals surface area contributed by atoms with Gasteiger partial charge in [0.05, 0.1) is 6.33 Å². The SMILES string of the molecule is O=C(O)c1ncn(Cc2ccc(F)cc2)c1C(=O)O. The fourth-order valence-electron chi connectivity index (χ4n) is 1.67. The van der Waals surface area contributed by atoms with E-state index in [0.29, 0.717) is 5.56 Å². The minimum absolute atomic E-state index is 0.0994. The molecule has 0 unspecified atom stereocenters. The summed E-state index contributed by atoms with van der Waals surface area (Å²) in [5.41, 5.74) is -0.287. The van der Waals surface area contributed by atoms with Crippen LogP contribution in [-0.4, -0.2) is 31.7 Å². The summed E-state index contributed by atoms with van der Waals surface area (Å²) in [5.74, 6) is -3.19. The van der Waals surface area contributed by atoms with Gasteiger partial charge in [-0.05, 0) is 17.7 Å². The molecule has 1 aromatic carbocycles. The summed E-state index contributed by atoms with van der Waals surface area (Å²) in [6.07, 6.45) is 1.14. The molecule has 0 saturated carbocycles. The Hall–Kier alpha value is -2.70. The number of carboxylic acid groups (broad SMARTS) is 2. The number of nitrogens with zero attached hydrogens (tertiary/aromatic N) is 2. The zero-order chi connectivity index (χ0) is 14.0. The first kappa shape index (κ1) is 12.7. The normalized spacial score (nSPS) is 10.4. The van der Waals surface area contributed by atoms with E-state index in [4.69, 9.17) is 10.2 Å². The van der Waals surface area contributed by atoms with Gasteiger partial charge in [0, 0.05) is 6.54 Å². The highest BCUT2D eigenvalue weighted by atomic mass is 19.1. The van der Waals surface area contributed by atoms with Gasteiger partial charge >= 0.3 is 11.9 Å². The maximum absolute atomic E-state index is 12.8. The number of hydrogen-bond acceptors (Lipinski definition) is 3. The first-order valence-corrected chi connectivity index (χ1v) is 5.25. The van der Waals surface area contributed by atoms with Crippen molar-refractivity contribution in [3.05, 3.63) is 53.4 Å². The molecule has 0 aliphatic carbocycles. The molecule has 0 radical (unpaired) electrons. The van der Waals surface area contributed by atoms with E-state index < -0.39 is 29.1 Å². The van der Waals surface area contributed by atoms with Crippen molar-refractivity contribution in [3.8, 4) is 0 Å². The van der Waals surface area contributed by atoms with Gasteiger partial charge in [-0.1, -0.05) is 12.1 Å². The Morgan fingerprint density at radius 1 is 1.16 bits per heavy atom. The molecule has 1 heterocycles. The molecule has 1 aromatic heterocycles. The molecular formula is C12H9FN2O4. The first-order valence-electron chi connectivity index (χ1n) is 5.25. The van der Waals surface area contributed by atoms with Crippen molar-refractivity contribution in [2.45, 2.75) is 6.54 Å². The zero-order valence-corrected chi connectivity index (χ0v) is 9.58. The second-order valence-corrected chi connectivity index (χ2v) is 3.81. The fourth-order valence-corrected chi connectivity index (χ4v) is 1.67. The zero-order valence-electron chi connectivity index (χ0n) is 9.58. The first-order chi connectivity index (χ1) is 8.99. The van der Waals surface area contributed by atoms with Crippen molar-refractivity contribution in [1.29, 1.82) is 0 Å². The molecule has 98 valence electrons.